The molecule has 1 atom stereocenters. The number of hydrazine groups is 1. The Hall–Kier alpha value is -1.30. The van der Waals surface area contributed by atoms with Crippen LogP contribution in [-0.4, -0.2) is 4.98 Å². The number of nitrogens with two attached hydrogens (primary N) is 1. The van der Waals surface area contributed by atoms with Gasteiger partial charge in [0.05, 0.1) is 6.20 Å². The number of rotatable bonds is 5. The van der Waals surface area contributed by atoms with Gasteiger partial charge in [0, 0.05) is 17.1 Å². The van der Waals surface area contributed by atoms with Gasteiger partial charge >= 0.3 is 0 Å². The lowest BCUT2D eigenvalue weighted by molar-refractivity contribution is 0.511. The first-order valence-electron chi connectivity index (χ1n) is 5.38. The third-order valence-electron chi connectivity index (χ3n) is 2.59. The molecule has 3 N–H and O–H groups in total. The molecule has 0 radical (unpaired) electrons. The van der Waals surface area contributed by atoms with Crippen molar-refractivity contribution in [3.05, 3.63) is 52.2 Å². The molecule has 0 aromatic carbocycles. The molecule has 5 heteroatoms. The average Bonchev–Trinajstić information content (AvgIpc) is 2.83. The van der Waals surface area contributed by atoms with Gasteiger partial charge in [0.15, 0.2) is 0 Å². The quantitative estimate of drug-likeness (QED) is 0.634. The van der Waals surface area contributed by atoms with Crippen LogP contribution in [0.1, 0.15) is 22.9 Å². The first-order valence-corrected chi connectivity index (χ1v) is 6.26. The molecule has 0 saturated carbocycles. The third-order valence-corrected chi connectivity index (χ3v) is 3.53. The Balaban J connectivity index is 2.01. The smallest absolute Gasteiger partial charge is 0.141 e. The zero-order chi connectivity index (χ0) is 12.1. The molecule has 0 spiro atoms. The SMILES string of the molecule is NNC(CCc1cccs1)c1cncc(F)c1. The summed E-state index contributed by atoms with van der Waals surface area (Å²) in [7, 11) is 0. The molecular weight excluding hydrogens is 237 g/mol. The Bertz CT molecular complexity index is 459. The molecule has 3 nitrogen and oxygen atoms in total. The van der Waals surface area contributed by atoms with Crippen molar-refractivity contribution in [2.45, 2.75) is 18.9 Å². The number of hydrogen-bond acceptors (Lipinski definition) is 4. The van der Waals surface area contributed by atoms with Gasteiger partial charge in [-0.2, -0.15) is 0 Å². The fraction of sp³-hybridized carbons (Fsp3) is 0.250. The van der Waals surface area contributed by atoms with Crippen LogP contribution in [0.2, 0.25) is 0 Å². The summed E-state index contributed by atoms with van der Waals surface area (Å²) in [5.41, 5.74) is 3.49. The lowest BCUT2D eigenvalue weighted by Gasteiger charge is -2.15. The van der Waals surface area contributed by atoms with Gasteiger partial charge in [0.2, 0.25) is 0 Å². The highest BCUT2D eigenvalue weighted by molar-refractivity contribution is 7.09. The summed E-state index contributed by atoms with van der Waals surface area (Å²) in [5, 5.41) is 2.05. The van der Waals surface area contributed by atoms with Gasteiger partial charge in [-0.15, -0.1) is 11.3 Å². The maximum absolute atomic E-state index is 13.0. The lowest BCUT2D eigenvalue weighted by Crippen LogP contribution is -2.28. The Labute approximate surface area is 103 Å². The first kappa shape index (κ1) is 12.2. The van der Waals surface area contributed by atoms with Crippen LogP contribution in [0.25, 0.3) is 0 Å². The molecule has 0 fully saturated rings. The van der Waals surface area contributed by atoms with Crippen molar-refractivity contribution in [2.24, 2.45) is 5.84 Å². The number of nitrogens with zero attached hydrogens (tertiary/aromatic N) is 1. The van der Waals surface area contributed by atoms with Gasteiger partial charge in [-0.3, -0.25) is 16.3 Å². The van der Waals surface area contributed by atoms with E-state index in [-0.39, 0.29) is 11.9 Å². The van der Waals surface area contributed by atoms with Crippen LogP contribution in [0.15, 0.2) is 36.0 Å². The summed E-state index contributed by atoms with van der Waals surface area (Å²) < 4.78 is 13.0. The molecule has 2 aromatic heterocycles. The van der Waals surface area contributed by atoms with Gasteiger partial charge in [-0.05, 0) is 35.9 Å². The molecule has 0 aliphatic heterocycles. The molecule has 2 heterocycles. The molecular formula is C12H14FN3S. The van der Waals surface area contributed by atoms with E-state index >= 15 is 0 Å². The fourth-order valence-electron chi connectivity index (χ4n) is 1.71. The maximum atomic E-state index is 13.0. The van der Waals surface area contributed by atoms with Crippen molar-refractivity contribution in [1.29, 1.82) is 0 Å². The van der Waals surface area contributed by atoms with Crippen molar-refractivity contribution in [3.8, 4) is 0 Å². The summed E-state index contributed by atoms with van der Waals surface area (Å²) in [4.78, 5) is 5.13. The summed E-state index contributed by atoms with van der Waals surface area (Å²) in [5.74, 6) is 5.16. The minimum atomic E-state index is -0.334. The van der Waals surface area contributed by atoms with E-state index in [1.54, 1.807) is 17.5 Å². The summed E-state index contributed by atoms with van der Waals surface area (Å²) in [6, 6.07) is 5.50. The van der Waals surface area contributed by atoms with Crippen LogP contribution in [0.5, 0.6) is 0 Å². The van der Waals surface area contributed by atoms with Crippen molar-refractivity contribution in [2.75, 3.05) is 0 Å². The number of nitrogens with one attached hydrogen (secondary N) is 1. The monoisotopic (exact) mass is 251 g/mol. The average molecular weight is 251 g/mol. The standard InChI is InChI=1S/C12H14FN3S/c13-10-6-9(7-15-8-10)12(16-14)4-3-11-2-1-5-17-11/h1-2,5-8,12,16H,3-4,14H2. The summed E-state index contributed by atoms with van der Waals surface area (Å²) in [6.45, 7) is 0. The highest BCUT2D eigenvalue weighted by Gasteiger charge is 2.11. The molecule has 1 unspecified atom stereocenters. The highest BCUT2D eigenvalue weighted by atomic mass is 32.1. The Kier molecular flexibility index (Phi) is 4.19. The zero-order valence-electron chi connectivity index (χ0n) is 9.27. The molecule has 90 valence electrons. The van der Waals surface area contributed by atoms with Crippen LogP contribution in [0.4, 0.5) is 4.39 Å². The van der Waals surface area contributed by atoms with Gasteiger partial charge in [0.1, 0.15) is 5.82 Å². The molecule has 0 aliphatic carbocycles. The second-order valence-corrected chi connectivity index (χ2v) is 4.81. The minimum Gasteiger partial charge on any atom is -0.271 e. The normalized spacial score (nSPS) is 12.6. The Morgan fingerprint density at radius 2 is 2.35 bits per heavy atom. The summed E-state index contributed by atoms with van der Waals surface area (Å²) >= 11 is 1.72. The molecule has 0 aliphatic rings. The largest absolute Gasteiger partial charge is 0.271 e. The van der Waals surface area contributed by atoms with Gasteiger partial charge in [-0.25, -0.2) is 4.39 Å². The van der Waals surface area contributed by atoms with E-state index in [9.17, 15) is 4.39 Å². The van der Waals surface area contributed by atoms with Crippen LogP contribution in [0, 0.1) is 5.82 Å². The molecule has 0 saturated heterocycles. The van der Waals surface area contributed by atoms with Crippen molar-refractivity contribution >= 4 is 11.3 Å². The van der Waals surface area contributed by atoms with Gasteiger partial charge < -0.3 is 0 Å². The number of halogens is 1. The second kappa shape index (κ2) is 5.86. The van der Waals surface area contributed by atoms with E-state index in [0.29, 0.717) is 0 Å². The van der Waals surface area contributed by atoms with Crippen molar-refractivity contribution < 1.29 is 4.39 Å². The number of aromatic nitrogens is 1. The van der Waals surface area contributed by atoms with E-state index in [0.717, 1.165) is 18.4 Å². The molecule has 0 amide bonds. The molecule has 17 heavy (non-hydrogen) atoms. The topological polar surface area (TPSA) is 50.9 Å². The predicted octanol–water partition coefficient (Wildman–Crippen LogP) is 2.42. The second-order valence-electron chi connectivity index (χ2n) is 3.77. The third kappa shape index (κ3) is 3.33. The van der Waals surface area contributed by atoms with Crippen LogP contribution in [0.3, 0.4) is 0 Å². The lowest BCUT2D eigenvalue weighted by atomic mass is 10.0. The van der Waals surface area contributed by atoms with E-state index in [1.807, 2.05) is 11.4 Å². The molecule has 2 rings (SSSR count). The molecule has 2 aromatic rings. The molecule has 0 bridgehead atoms. The van der Waals surface area contributed by atoms with Crippen molar-refractivity contribution in [1.82, 2.24) is 10.4 Å². The van der Waals surface area contributed by atoms with E-state index < -0.39 is 0 Å². The number of aryl methyl sites for hydroxylation is 1. The van der Waals surface area contributed by atoms with Crippen LogP contribution in [-0.2, 0) is 6.42 Å². The van der Waals surface area contributed by atoms with Crippen molar-refractivity contribution in [3.63, 3.8) is 0 Å². The highest BCUT2D eigenvalue weighted by Crippen LogP contribution is 2.20. The van der Waals surface area contributed by atoms with E-state index in [4.69, 9.17) is 5.84 Å². The Morgan fingerprint density at radius 1 is 1.47 bits per heavy atom. The minimum absolute atomic E-state index is 0.0692. The zero-order valence-corrected chi connectivity index (χ0v) is 10.1. The van der Waals surface area contributed by atoms with Gasteiger partial charge in [0.25, 0.3) is 0 Å². The Morgan fingerprint density at radius 3 is 3.00 bits per heavy atom. The first-order chi connectivity index (χ1) is 8.29. The number of hydrogen-bond donors (Lipinski definition) is 2. The van der Waals surface area contributed by atoms with Crippen LogP contribution < -0.4 is 11.3 Å². The number of pyridine rings is 1. The van der Waals surface area contributed by atoms with Gasteiger partial charge in [-0.1, -0.05) is 6.07 Å². The maximum Gasteiger partial charge on any atom is 0.141 e. The predicted molar refractivity (Wildman–Crippen MR) is 66.9 cm³/mol. The van der Waals surface area contributed by atoms with E-state index in [1.165, 1.54) is 17.1 Å². The van der Waals surface area contributed by atoms with E-state index in [2.05, 4.69) is 16.5 Å². The summed E-state index contributed by atoms with van der Waals surface area (Å²) in [6.07, 6.45) is 4.57. The fourth-order valence-corrected chi connectivity index (χ4v) is 2.43. The van der Waals surface area contributed by atoms with Crippen LogP contribution >= 0.6 is 11.3 Å². The number of thiophene rings is 1.